The van der Waals surface area contributed by atoms with Gasteiger partial charge in [0.1, 0.15) is 11.6 Å². The van der Waals surface area contributed by atoms with Crippen molar-refractivity contribution in [2.75, 3.05) is 51.3 Å². The van der Waals surface area contributed by atoms with Crippen LogP contribution in [0.2, 0.25) is 0 Å². The number of carbonyl (C=O) groups is 2. The summed E-state index contributed by atoms with van der Waals surface area (Å²) in [4.78, 5) is 30.6. The Morgan fingerprint density at radius 1 is 0.931 bits per heavy atom. The molecule has 1 fully saturated rings. The fraction of sp³-hybridized carbons (Fsp3) is 0.364. The maximum atomic E-state index is 13.6. The summed E-state index contributed by atoms with van der Waals surface area (Å²) in [5, 5.41) is 0. The van der Waals surface area contributed by atoms with Gasteiger partial charge in [-0.2, -0.15) is 0 Å². The van der Waals surface area contributed by atoms with Crippen LogP contribution >= 0.6 is 0 Å². The molecular formula is C22H24FN3O3. The second-order valence-corrected chi connectivity index (χ2v) is 7.31. The van der Waals surface area contributed by atoms with Gasteiger partial charge < -0.3 is 9.64 Å². The number of hydrogen-bond acceptors (Lipinski definition) is 5. The summed E-state index contributed by atoms with van der Waals surface area (Å²) in [6.45, 7) is 4.44. The number of imide groups is 1. The zero-order valence-electron chi connectivity index (χ0n) is 16.4. The number of rotatable bonds is 6. The van der Waals surface area contributed by atoms with Crippen LogP contribution in [-0.4, -0.2) is 68.0 Å². The van der Waals surface area contributed by atoms with Gasteiger partial charge in [0.15, 0.2) is 0 Å². The molecule has 0 saturated carbocycles. The summed E-state index contributed by atoms with van der Waals surface area (Å²) < 4.78 is 19.0. The molecule has 2 aliphatic heterocycles. The third-order valence-corrected chi connectivity index (χ3v) is 5.59. The highest BCUT2D eigenvalue weighted by Crippen LogP contribution is 2.30. The zero-order chi connectivity index (χ0) is 20.4. The lowest BCUT2D eigenvalue weighted by molar-refractivity contribution is 0.0647. The first-order valence-corrected chi connectivity index (χ1v) is 9.84. The Morgan fingerprint density at radius 2 is 1.59 bits per heavy atom. The quantitative estimate of drug-likeness (QED) is 0.702. The minimum absolute atomic E-state index is 0.200. The number of methoxy groups -OCH3 is 1. The van der Waals surface area contributed by atoms with E-state index in [1.807, 2.05) is 0 Å². The van der Waals surface area contributed by atoms with Crippen molar-refractivity contribution in [1.82, 2.24) is 9.80 Å². The van der Waals surface area contributed by atoms with Crippen molar-refractivity contribution in [3.8, 4) is 5.75 Å². The first-order chi connectivity index (χ1) is 14.1. The first-order valence-electron chi connectivity index (χ1n) is 9.84. The Bertz CT molecular complexity index is 890. The second kappa shape index (κ2) is 8.21. The normalized spacial score (nSPS) is 17.0. The van der Waals surface area contributed by atoms with E-state index in [1.165, 1.54) is 17.0 Å². The van der Waals surface area contributed by atoms with Crippen molar-refractivity contribution in [2.24, 2.45) is 0 Å². The van der Waals surface area contributed by atoms with Crippen molar-refractivity contribution in [3.63, 3.8) is 0 Å². The highest BCUT2D eigenvalue weighted by molar-refractivity contribution is 6.21. The lowest BCUT2D eigenvalue weighted by Gasteiger charge is -2.36. The van der Waals surface area contributed by atoms with Gasteiger partial charge in [-0.1, -0.05) is 12.1 Å². The third kappa shape index (κ3) is 3.82. The number of amides is 2. The molecule has 2 aliphatic rings. The van der Waals surface area contributed by atoms with Gasteiger partial charge in [-0.05, 0) is 37.2 Å². The van der Waals surface area contributed by atoms with Crippen LogP contribution in [0.25, 0.3) is 0 Å². The molecule has 7 heteroatoms. The Hall–Kier alpha value is -2.93. The molecule has 0 aromatic heterocycles. The highest BCUT2D eigenvalue weighted by atomic mass is 19.1. The standard InChI is InChI=1S/C22H24FN3O3/c1-29-20-8-7-16(23)15-19(20)25-13-11-24(12-14-25)9-4-10-26-21(27)17-5-2-3-6-18(17)22(26)28/h2-3,5-8,15H,4,9-14H2,1H3. The smallest absolute Gasteiger partial charge is 0.261 e. The molecule has 2 amide bonds. The highest BCUT2D eigenvalue weighted by Gasteiger charge is 2.34. The van der Waals surface area contributed by atoms with Crippen molar-refractivity contribution in [3.05, 3.63) is 59.4 Å². The molecule has 152 valence electrons. The number of anilines is 1. The van der Waals surface area contributed by atoms with Gasteiger partial charge in [-0.15, -0.1) is 0 Å². The average molecular weight is 397 g/mol. The van der Waals surface area contributed by atoms with Crippen LogP contribution in [0.1, 0.15) is 27.1 Å². The van der Waals surface area contributed by atoms with Crippen molar-refractivity contribution in [1.29, 1.82) is 0 Å². The lowest BCUT2D eigenvalue weighted by atomic mass is 10.1. The molecule has 0 aliphatic carbocycles. The van der Waals surface area contributed by atoms with Crippen molar-refractivity contribution < 1.29 is 18.7 Å². The second-order valence-electron chi connectivity index (χ2n) is 7.31. The van der Waals surface area contributed by atoms with Crippen molar-refractivity contribution in [2.45, 2.75) is 6.42 Å². The fourth-order valence-electron chi connectivity index (χ4n) is 4.02. The van der Waals surface area contributed by atoms with E-state index >= 15 is 0 Å². The Kier molecular flexibility index (Phi) is 5.49. The van der Waals surface area contributed by atoms with Crippen LogP contribution in [-0.2, 0) is 0 Å². The number of fused-ring (bicyclic) bond motifs is 1. The van der Waals surface area contributed by atoms with E-state index < -0.39 is 0 Å². The van der Waals surface area contributed by atoms with E-state index in [1.54, 1.807) is 37.4 Å². The Balaban J connectivity index is 1.28. The minimum Gasteiger partial charge on any atom is -0.495 e. The van der Waals surface area contributed by atoms with E-state index in [0.29, 0.717) is 23.4 Å². The van der Waals surface area contributed by atoms with Gasteiger partial charge in [0, 0.05) is 38.8 Å². The van der Waals surface area contributed by atoms with Crippen LogP contribution in [0, 0.1) is 5.82 Å². The summed E-state index contributed by atoms with van der Waals surface area (Å²) in [5.74, 6) is -0.00288. The SMILES string of the molecule is COc1ccc(F)cc1N1CCN(CCCN2C(=O)c3ccccc3C2=O)CC1. The Labute approximate surface area is 169 Å². The number of ether oxygens (including phenoxy) is 1. The first kappa shape index (κ1) is 19.4. The summed E-state index contributed by atoms with van der Waals surface area (Å²) in [6, 6.07) is 11.5. The van der Waals surface area contributed by atoms with E-state index in [4.69, 9.17) is 4.74 Å². The molecule has 4 rings (SSSR count). The molecule has 0 atom stereocenters. The number of piperazine rings is 1. The fourth-order valence-corrected chi connectivity index (χ4v) is 4.02. The third-order valence-electron chi connectivity index (χ3n) is 5.59. The maximum Gasteiger partial charge on any atom is 0.261 e. The van der Waals surface area contributed by atoms with Crippen LogP contribution in [0.15, 0.2) is 42.5 Å². The molecule has 2 aromatic rings. The molecule has 2 heterocycles. The van der Waals surface area contributed by atoms with Gasteiger partial charge in [-0.3, -0.25) is 19.4 Å². The summed E-state index contributed by atoms with van der Waals surface area (Å²) in [6.07, 6.45) is 0.731. The molecule has 2 aromatic carbocycles. The van der Waals surface area contributed by atoms with Crippen molar-refractivity contribution >= 4 is 17.5 Å². The number of nitrogens with zero attached hydrogens (tertiary/aromatic N) is 3. The molecule has 1 saturated heterocycles. The van der Waals surface area contributed by atoms with Crippen LogP contribution in [0.3, 0.4) is 0 Å². The summed E-state index contributed by atoms with van der Waals surface area (Å²) in [7, 11) is 1.59. The summed E-state index contributed by atoms with van der Waals surface area (Å²) in [5.41, 5.74) is 1.77. The molecular weight excluding hydrogens is 373 g/mol. The molecule has 0 N–H and O–H groups in total. The van der Waals surface area contributed by atoms with E-state index in [-0.39, 0.29) is 17.6 Å². The zero-order valence-corrected chi connectivity index (χ0v) is 16.4. The largest absolute Gasteiger partial charge is 0.495 e. The maximum absolute atomic E-state index is 13.6. The van der Waals surface area contributed by atoms with Crippen LogP contribution in [0.5, 0.6) is 5.75 Å². The molecule has 0 radical (unpaired) electrons. The van der Waals surface area contributed by atoms with Gasteiger partial charge in [0.05, 0.1) is 23.9 Å². The van der Waals surface area contributed by atoms with E-state index in [2.05, 4.69) is 9.80 Å². The topological polar surface area (TPSA) is 53.1 Å². The van der Waals surface area contributed by atoms with Gasteiger partial charge >= 0.3 is 0 Å². The van der Waals surface area contributed by atoms with Crippen LogP contribution in [0.4, 0.5) is 10.1 Å². The number of halogens is 1. The van der Waals surface area contributed by atoms with E-state index in [9.17, 15) is 14.0 Å². The van der Waals surface area contributed by atoms with E-state index in [0.717, 1.165) is 44.8 Å². The number of hydrogen-bond donors (Lipinski definition) is 0. The molecule has 6 nitrogen and oxygen atoms in total. The molecule has 0 unspecified atom stereocenters. The predicted octanol–water partition coefficient (Wildman–Crippen LogP) is 2.64. The Morgan fingerprint density at radius 3 is 2.21 bits per heavy atom. The summed E-state index contributed by atoms with van der Waals surface area (Å²) >= 11 is 0. The predicted molar refractivity (Wildman–Crippen MR) is 108 cm³/mol. The van der Waals surface area contributed by atoms with Crippen LogP contribution < -0.4 is 9.64 Å². The molecule has 29 heavy (non-hydrogen) atoms. The monoisotopic (exact) mass is 397 g/mol. The number of benzene rings is 2. The lowest BCUT2D eigenvalue weighted by Crippen LogP contribution is -2.47. The minimum atomic E-state index is -0.274. The number of carbonyl (C=O) groups excluding carboxylic acids is 2. The van der Waals surface area contributed by atoms with Gasteiger partial charge in [0.25, 0.3) is 11.8 Å². The van der Waals surface area contributed by atoms with Gasteiger partial charge in [0.2, 0.25) is 0 Å². The average Bonchev–Trinajstić information content (AvgIpc) is 2.99. The van der Waals surface area contributed by atoms with Gasteiger partial charge in [-0.25, -0.2) is 4.39 Å². The molecule has 0 spiro atoms. The molecule has 0 bridgehead atoms.